The summed E-state index contributed by atoms with van der Waals surface area (Å²) in [6.07, 6.45) is 1.22. The highest BCUT2D eigenvalue weighted by Crippen LogP contribution is 2.06. The van der Waals surface area contributed by atoms with Crippen LogP contribution in [0.2, 0.25) is 0 Å². The number of rotatable bonds is 3. The van der Waals surface area contributed by atoms with Crippen LogP contribution in [0.4, 0.5) is 0 Å². The number of benzene rings is 1. The summed E-state index contributed by atoms with van der Waals surface area (Å²) in [6.45, 7) is 1.69. The molecular formula is C10H11NO2. The van der Waals surface area contributed by atoms with Crippen molar-refractivity contribution in [3.63, 3.8) is 0 Å². The SMILES string of the molecule is CC(/C=N/O)C(=O)c1ccccc1. The minimum Gasteiger partial charge on any atom is -0.411 e. The van der Waals surface area contributed by atoms with Crippen LogP contribution in [0.5, 0.6) is 0 Å². The van der Waals surface area contributed by atoms with Gasteiger partial charge in [0.25, 0.3) is 0 Å². The first-order valence-electron chi connectivity index (χ1n) is 4.02. The van der Waals surface area contributed by atoms with Crippen LogP contribution in [0.15, 0.2) is 35.5 Å². The lowest BCUT2D eigenvalue weighted by atomic mass is 10.0. The fourth-order valence-electron chi connectivity index (χ4n) is 1.03. The predicted octanol–water partition coefficient (Wildman–Crippen LogP) is 1.97. The molecule has 0 aliphatic rings. The van der Waals surface area contributed by atoms with Crippen LogP contribution in [-0.2, 0) is 0 Å². The van der Waals surface area contributed by atoms with E-state index in [-0.39, 0.29) is 11.7 Å². The minimum atomic E-state index is -0.382. The number of Topliss-reactive ketones (excluding diaryl/α,β-unsaturated/α-hetero) is 1. The average Bonchev–Trinajstić information content (AvgIpc) is 2.18. The molecule has 0 fully saturated rings. The van der Waals surface area contributed by atoms with Gasteiger partial charge in [0.05, 0.1) is 12.1 Å². The van der Waals surface area contributed by atoms with Gasteiger partial charge in [-0.1, -0.05) is 30.3 Å². The molecule has 1 atom stereocenters. The second kappa shape index (κ2) is 4.40. The molecule has 0 saturated heterocycles. The Labute approximate surface area is 76.7 Å². The van der Waals surface area contributed by atoms with Gasteiger partial charge in [-0.25, -0.2) is 0 Å². The number of carbonyl (C=O) groups excluding carboxylic acids is 1. The number of ketones is 1. The predicted molar refractivity (Wildman–Crippen MR) is 50.2 cm³/mol. The molecule has 1 aromatic carbocycles. The van der Waals surface area contributed by atoms with Crippen LogP contribution in [-0.4, -0.2) is 17.2 Å². The van der Waals surface area contributed by atoms with Gasteiger partial charge >= 0.3 is 0 Å². The van der Waals surface area contributed by atoms with Crippen molar-refractivity contribution < 1.29 is 10.0 Å². The molecule has 68 valence electrons. The van der Waals surface area contributed by atoms with E-state index in [9.17, 15) is 4.79 Å². The molecule has 3 heteroatoms. The van der Waals surface area contributed by atoms with E-state index in [1.165, 1.54) is 6.21 Å². The molecule has 0 bridgehead atoms. The van der Waals surface area contributed by atoms with Crippen molar-refractivity contribution in [2.45, 2.75) is 6.92 Å². The summed E-state index contributed by atoms with van der Waals surface area (Å²) < 4.78 is 0. The maximum atomic E-state index is 11.5. The topological polar surface area (TPSA) is 49.7 Å². The van der Waals surface area contributed by atoms with E-state index in [2.05, 4.69) is 5.16 Å². The van der Waals surface area contributed by atoms with E-state index in [0.717, 1.165) is 0 Å². The molecule has 1 N–H and O–H groups in total. The number of carbonyl (C=O) groups is 1. The summed E-state index contributed by atoms with van der Waals surface area (Å²) in [5.74, 6) is -0.425. The number of nitrogens with zero attached hydrogens (tertiary/aromatic N) is 1. The van der Waals surface area contributed by atoms with Gasteiger partial charge in [0.1, 0.15) is 0 Å². The molecule has 0 spiro atoms. The third-order valence-electron chi connectivity index (χ3n) is 1.76. The maximum Gasteiger partial charge on any atom is 0.171 e. The van der Waals surface area contributed by atoms with Crippen LogP contribution >= 0.6 is 0 Å². The van der Waals surface area contributed by atoms with Gasteiger partial charge in [-0.05, 0) is 6.92 Å². The summed E-state index contributed by atoms with van der Waals surface area (Å²) in [5, 5.41) is 11.1. The molecule has 0 aliphatic heterocycles. The van der Waals surface area contributed by atoms with Gasteiger partial charge in [-0.3, -0.25) is 4.79 Å². The van der Waals surface area contributed by atoms with Gasteiger partial charge in [-0.2, -0.15) is 0 Å². The number of oxime groups is 1. The fraction of sp³-hybridized carbons (Fsp3) is 0.200. The Bertz CT molecular complexity index is 306. The van der Waals surface area contributed by atoms with Gasteiger partial charge in [0.2, 0.25) is 0 Å². The highest BCUT2D eigenvalue weighted by molar-refractivity contribution is 6.05. The zero-order valence-electron chi connectivity index (χ0n) is 7.34. The lowest BCUT2D eigenvalue weighted by molar-refractivity contribution is 0.0962. The standard InChI is InChI=1S/C10H11NO2/c1-8(7-11-13)10(12)9-5-3-2-4-6-9/h2-8,13H,1H3/b11-7+. The highest BCUT2D eigenvalue weighted by Gasteiger charge is 2.12. The van der Waals surface area contributed by atoms with E-state index in [1.807, 2.05) is 6.07 Å². The summed E-state index contributed by atoms with van der Waals surface area (Å²) in [5.41, 5.74) is 0.634. The lowest BCUT2D eigenvalue weighted by Gasteiger charge is -2.02. The molecule has 0 aliphatic carbocycles. The van der Waals surface area contributed by atoms with Gasteiger partial charge < -0.3 is 5.21 Å². The molecule has 0 radical (unpaired) electrons. The van der Waals surface area contributed by atoms with E-state index in [4.69, 9.17) is 5.21 Å². The molecule has 1 aromatic rings. The van der Waals surface area contributed by atoms with Crippen molar-refractivity contribution in [2.75, 3.05) is 0 Å². The Kier molecular flexibility index (Phi) is 3.20. The van der Waals surface area contributed by atoms with E-state index < -0.39 is 0 Å². The van der Waals surface area contributed by atoms with Crippen molar-refractivity contribution in [3.8, 4) is 0 Å². The zero-order chi connectivity index (χ0) is 9.68. The molecule has 0 saturated carbocycles. The van der Waals surface area contributed by atoms with Crippen molar-refractivity contribution in [1.29, 1.82) is 0 Å². The molecule has 3 nitrogen and oxygen atoms in total. The highest BCUT2D eigenvalue weighted by atomic mass is 16.4. The first kappa shape index (κ1) is 9.45. The first-order chi connectivity index (χ1) is 6.25. The van der Waals surface area contributed by atoms with E-state index >= 15 is 0 Å². The maximum absolute atomic E-state index is 11.5. The molecule has 1 rings (SSSR count). The Morgan fingerprint density at radius 2 is 2.08 bits per heavy atom. The Hall–Kier alpha value is -1.64. The summed E-state index contributed by atoms with van der Waals surface area (Å²) >= 11 is 0. The summed E-state index contributed by atoms with van der Waals surface area (Å²) in [7, 11) is 0. The fourth-order valence-corrected chi connectivity index (χ4v) is 1.03. The molecule has 13 heavy (non-hydrogen) atoms. The van der Waals surface area contributed by atoms with Crippen LogP contribution in [0.1, 0.15) is 17.3 Å². The molecule has 0 aromatic heterocycles. The molecule has 0 amide bonds. The van der Waals surface area contributed by atoms with Crippen molar-refractivity contribution in [1.82, 2.24) is 0 Å². The third-order valence-corrected chi connectivity index (χ3v) is 1.76. The van der Waals surface area contributed by atoms with Crippen molar-refractivity contribution in [3.05, 3.63) is 35.9 Å². The van der Waals surface area contributed by atoms with Crippen LogP contribution in [0, 0.1) is 5.92 Å². The third kappa shape index (κ3) is 2.40. The minimum absolute atomic E-state index is 0.0431. The van der Waals surface area contributed by atoms with Gasteiger partial charge in [-0.15, -0.1) is 5.16 Å². The monoisotopic (exact) mass is 177 g/mol. The van der Waals surface area contributed by atoms with Gasteiger partial charge in [0.15, 0.2) is 5.78 Å². The summed E-state index contributed by atoms with van der Waals surface area (Å²) in [6, 6.07) is 8.93. The number of hydrogen-bond acceptors (Lipinski definition) is 3. The first-order valence-corrected chi connectivity index (χ1v) is 4.02. The smallest absolute Gasteiger partial charge is 0.171 e. The van der Waals surface area contributed by atoms with Crippen LogP contribution < -0.4 is 0 Å². The van der Waals surface area contributed by atoms with Crippen molar-refractivity contribution >= 4 is 12.0 Å². The van der Waals surface area contributed by atoms with Gasteiger partial charge in [0, 0.05) is 5.56 Å². The Morgan fingerprint density at radius 3 is 2.62 bits per heavy atom. The Morgan fingerprint density at radius 1 is 1.46 bits per heavy atom. The molecular weight excluding hydrogens is 166 g/mol. The second-order valence-corrected chi connectivity index (χ2v) is 2.78. The van der Waals surface area contributed by atoms with E-state index in [0.29, 0.717) is 5.56 Å². The largest absolute Gasteiger partial charge is 0.411 e. The molecule has 0 heterocycles. The van der Waals surface area contributed by atoms with Crippen LogP contribution in [0.25, 0.3) is 0 Å². The quantitative estimate of drug-likeness (QED) is 0.332. The zero-order valence-corrected chi connectivity index (χ0v) is 7.34. The lowest BCUT2D eigenvalue weighted by Crippen LogP contribution is -2.12. The normalized spacial score (nSPS) is 13.0. The number of hydrogen-bond donors (Lipinski definition) is 1. The second-order valence-electron chi connectivity index (χ2n) is 2.78. The van der Waals surface area contributed by atoms with E-state index in [1.54, 1.807) is 31.2 Å². The molecule has 1 unspecified atom stereocenters. The average molecular weight is 177 g/mol. The van der Waals surface area contributed by atoms with Crippen molar-refractivity contribution in [2.24, 2.45) is 11.1 Å². The van der Waals surface area contributed by atoms with Crippen LogP contribution in [0.3, 0.4) is 0 Å². The summed E-state index contributed by atoms with van der Waals surface area (Å²) in [4.78, 5) is 11.5. The Balaban J connectivity index is 2.80.